The fourth-order valence-corrected chi connectivity index (χ4v) is 2.02. The van der Waals surface area contributed by atoms with Crippen LogP contribution in [-0.4, -0.2) is 6.54 Å². The molecule has 17 heavy (non-hydrogen) atoms. The van der Waals surface area contributed by atoms with Crippen LogP contribution < -0.4 is 5.32 Å². The van der Waals surface area contributed by atoms with Crippen molar-refractivity contribution in [3.8, 4) is 0 Å². The van der Waals surface area contributed by atoms with Gasteiger partial charge in [-0.3, -0.25) is 0 Å². The lowest BCUT2D eigenvalue weighted by molar-refractivity contribution is 0.543. The number of benzene rings is 1. The molecule has 94 valence electrons. The van der Waals surface area contributed by atoms with Crippen LogP contribution in [0.25, 0.3) is 0 Å². The molecule has 1 atom stereocenters. The van der Waals surface area contributed by atoms with Crippen molar-refractivity contribution in [2.75, 3.05) is 6.54 Å². The quantitative estimate of drug-likeness (QED) is 0.718. The van der Waals surface area contributed by atoms with Gasteiger partial charge in [0.25, 0.3) is 0 Å². The summed E-state index contributed by atoms with van der Waals surface area (Å²) in [7, 11) is 0. The molecule has 0 saturated heterocycles. The van der Waals surface area contributed by atoms with Crippen LogP contribution in [0.2, 0.25) is 10.0 Å². The Kier molecular flexibility index (Phi) is 6.04. The zero-order valence-corrected chi connectivity index (χ0v) is 11.9. The topological polar surface area (TPSA) is 12.0 Å². The van der Waals surface area contributed by atoms with Gasteiger partial charge in [0, 0.05) is 6.04 Å². The molecule has 1 N–H and O–H groups in total. The zero-order valence-electron chi connectivity index (χ0n) is 10.4. The number of halogens is 2. The molecule has 3 heteroatoms. The second kappa shape index (κ2) is 7.05. The highest BCUT2D eigenvalue weighted by molar-refractivity contribution is 6.42. The molecule has 0 aliphatic heterocycles. The van der Waals surface area contributed by atoms with Crippen molar-refractivity contribution in [2.24, 2.45) is 0 Å². The van der Waals surface area contributed by atoms with Gasteiger partial charge in [-0.1, -0.05) is 55.3 Å². The molecule has 1 nitrogen and oxygen atoms in total. The van der Waals surface area contributed by atoms with Crippen LogP contribution >= 0.6 is 23.2 Å². The van der Waals surface area contributed by atoms with E-state index in [1.54, 1.807) is 0 Å². The SMILES string of the molecule is C=C(CC)CC(NCC)c1ccc(Cl)c(Cl)c1. The Labute approximate surface area is 114 Å². The van der Waals surface area contributed by atoms with Gasteiger partial charge >= 0.3 is 0 Å². The van der Waals surface area contributed by atoms with Crippen LogP contribution in [0.15, 0.2) is 30.4 Å². The second-order valence-corrected chi connectivity index (χ2v) is 4.91. The summed E-state index contributed by atoms with van der Waals surface area (Å²) in [6, 6.07) is 6.06. The Morgan fingerprint density at radius 2 is 2.00 bits per heavy atom. The maximum atomic E-state index is 6.05. The van der Waals surface area contributed by atoms with Crippen LogP contribution in [0.3, 0.4) is 0 Å². The van der Waals surface area contributed by atoms with Crippen LogP contribution in [-0.2, 0) is 0 Å². The molecule has 1 aromatic rings. The summed E-state index contributed by atoms with van der Waals surface area (Å²) in [4.78, 5) is 0. The molecule has 0 heterocycles. The summed E-state index contributed by atoms with van der Waals surface area (Å²) < 4.78 is 0. The van der Waals surface area contributed by atoms with Crippen LogP contribution in [0.4, 0.5) is 0 Å². The first-order valence-electron chi connectivity index (χ1n) is 5.93. The zero-order chi connectivity index (χ0) is 12.8. The van der Waals surface area contributed by atoms with Gasteiger partial charge in [0.15, 0.2) is 0 Å². The highest BCUT2D eigenvalue weighted by Gasteiger charge is 2.12. The Morgan fingerprint density at radius 3 is 2.53 bits per heavy atom. The van der Waals surface area contributed by atoms with E-state index in [9.17, 15) is 0 Å². The Balaban J connectivity index is 2.88. The van der Waals surface area contributed by atoms with E-state index in [-0.39, 0.29) is 6.04 Å². The molecule has 1 unspecified atom stereocenters. The minimum absolute atomic E-state index is 0.266. The standard InChI is InChI=1S/C14H19Cl2N/c1-4-10(3)8-14(17-5-2)11-6-7-12(15)13(16)9-11/h6-7,9,14,17H,3-5,8H2,1-2H3. The molecular weight excluding hydrogens is 253 g/mol. The predicted molar refractivity (Wildman–Crippen MR) is 76.9 cm³/mol. The third-order valence-corrected chi connectivity index (χ3v) is 3.53. The smallest absolute Gasteiger partial charge is 0.0595 e. The summed E-state index contributed by atoms with van der Waals surface area (Å²) in [6.07, 6.45) is 1.94. The van der Waals surface area contributed by atoms with E-state index >= 15 is 0 Å². The van der Waals surface area contributed by atoms with E-state index in [4.69, 9.17) is 23.2 Å². The van der Waals surface area contributed by atoms with E-state index in [1.165, 1.54) is 5.57 Å². The van der Waals surface area contributed by atoms with E-state index in [0.29, 0.717) is 10.0 Å². The maximum Gasteiger partial charge on any atom is 0.0595 e. The first kappa shape index (κ1) is 14.6. The lowest BCUT2D eigenvalue weighted by atomic mass is 9.98. The third-order valence-electron chi connectivity index (χ3n) is 2.79. The van der Waals surface area contributed by atoms with Gasteiger partial charge in [-0.25, -0.2) is 0 Å². The normalized spacial score (nSPS) is 12.5. The van der Waals surface area contributed by atoms with Crippen molar-refractivity contribution >= 4 is 23.2 Å². The van der Waals surface area contributed by atoms with Crippen molar-refractivity contribution in [1.82, 2.24) is 5.32 Å². The number of hydrogen-bond acceptors (Lipinski definition) is 1. The van der Waals surface area contributed by atoms with Gasteiger partial charge in [-0.15, -0.1) is 0 Å². The summed E-state index contributed by atoms with van der Waals surface area (Å²) in [6.45, 7) is 9.20. The molecule has 0 fully saturated rings. The summed E-state index contributed by atoms with van der Waals surface area (Å²) >= 11 is 12.0. The monoisotopic (exact) mass is 271 g/mol. The van der Waals surface area contributed by atoms with Crippen molar-refractivity contribution in [3.63, 3.8) is 0 Å². The maximum absolute atomic E-state index is 6.05. The van der Waals surface area contributed by atoms with Crippen LogP contribution in [0, 0.1) is 0 Å². The third kappa shape index (κ3) is 4.34. The highest BCUT2D eigenvalue weighted by Crippen LogP contribution is 2.28. The van der Waals surface area contributed by atoms with Crippen molar-refractivity contribution in [1.29, 1.82) is 0 Å². The average Bonchev–Trinajstić information content (AvgIpc) is 2.32. The predicted octanol–water partition coefficient (Wildman–Crippen LogP) is 5.00. The molecule has 1 aromatic carbocycles. The van der Waals surface area contributed by atoms with Crippen molar-refractivity contribution < 1.29 is 0 Å². The lowest BCUT2D eigenvalue weighted by Gasteiger charge is -2.19. The average molecular weight is 272 g/mol. The van der Waals surface area contributed by atoms with Gasteiger partial charge in [-0.2, -0.15) is 0 Å². The molecule has 0 aliphatic carbocycles. The van der Waals surface area contributed by atoms with Gasteiger partial charge in [-0.05, 0) is 37.1 Å². The number of rotatable bonds is 6. The molecule has 0 bridgehead atoms. The molecule has 1 rings (SSSR count). The Hall–Kier alpha value is -0.500. The fourth-order valence-electron chi connectivity index (χ4n) is 1.72. The van der Waals surface area contributed by atoms with Crippen molar-refractivity contribution in [3.05, 3.63) is 46.0 Å². The molecular formula is C14H19Cl2N. The van der Waals surface area contributed by atoms with Crippen molar-refractivity contribution in [2.45, 2.75) is 32.7 Å². The second-order valence-electron chi connectivity index (χ2n) is 4.09. The minimum atomic E-state index is 0.266. The molecule has 0 aromatic heterocycles. The largest absolute Gasteiger partial charge is 0.310 e. The Bertz CT molecular complexity index is 388. The fraction of sp³-hybridized carbons (Fsp3) is 0.429. The molecule has 0 aliphatic rings. The lowest BCUT2D eigenvalue weighted by Crippen LogP contribution is -2.21. The highest BCUT2D eigenvalue weighted by atomic mass is 35.5. The molecule has 0 saturated carbocycles. The summed E-state index contributed by atoms with van der Waals surface area (Å²) in [5.74, 6) is 0. The Morgan fingerprint density at radius 1 is 1.29 bits per heavy atom. The van der Waals surface area contributed by atoms with Gasteiger partial charge in [0.1, 0.15) is 0 Å². The van der Waals surface area contributed by atoms with Crippen LogP contribution in [0.1, 0.15) is 38.3 Å². The number of nitrogens with one attached hydrogen (secondary N) is 1. The van der Waals surface area contributed by atoms with Crippen LogP contribution in [0.5, 0.6) is 0 Å². The first-order valence-corrected chi connectivity index (χ1v) is 6.69. The van der Waals surface area contributed by atoms with E-state index in [1.807, 2.05) is 18.2 Å². The molecule has 0 spiro atoms. The molecule has 0 amide bonds. The first-order chi connectivity index (χ1) is 8.08. The van der Waals surface area contributed by atoms with Gasteiger partial charge in [0.05, 0.1) is 10.0 Å². The molecule has 0 radical (unpaired) electrons. The summed E-state index contributed by atoms with van der Waals surface area (Å²) in [5.41, 5.74) is 2.40. The van der Waals surface area contributed by atoms with Gasteiger partial charge in [0.2, 0.25) is 0 Å². The minimum Gasteiger partial charge on any atom is -0.310 e. The number of hydrogen-bond donors (Lipinski definition) is 1. The van der Waals surface area contributed by atoms with Gasteiger partial charge < -0.3 is 5.32 Å². The summed E-state index contributed by atoms with van der Waals surface area (Å²) in [5, 5.41) is 4.65. The van der Waals surface area contributed by atoms with E-state index in [0.717, 1.165) is 24.9 Å². The van der Waals surface area contributed by atoms with E-state index < -0.39 is 0 Å². The van der Waals surface area contributed by atoms with E-state index in [2.05, 4.69) is 25.7 Å².